The third-order valence-corrected chi connectivity index (χ3v) is 1.66. The van der Waals surface area contributed by atoms with Crippen molar-refractivity contribution < 1.29 is 14.7 Å². The monoisotopic (exact) mass is 191 g/mol. The number of nitrogens with two attached hydrogens (primary N) is 1. The summed E-state index contributed by atoms with van der Waals surface area (Å²) in [6, 6.07) is -0.645. The molecule has 0 fully saturated rings. The summed E-state index contributed by atoms with van der Waals surface area (Å²) >= 11 is 3.87. The number of carbonyl (C=O) groups is 2. The number of carboxylic acids is 1. The Kier molecular flexibility index (Phi) is 5.74. The number of thiol groups is 1. The first-order valence-electron chi connectivity index (χ1n) is 3.69. The molecule has 0 aromatic carbocycles. The Labute approximate surface area is 76.5 Å². The highest BCUT2D eigenvalue weighted by Gasteiger charge is 2.13. The zero-order chi connectivity index (χ0) is 9.56. The lowest BCUT2D eigenvalue weighted by molar-refractivity contribution is -0.137. The molecule has 5 heteroatoms. The number of ketones is 1. The van der Waals surface area contributed by atoms with Crippen LogP contribution >= 0.6 is 12.6 Å². The van der Waals surface area contributed by atoms with Gasteiger partial charge in [-0.05, 0) is 12.2 Å². The van der Waals surface area contributed by atoms with Gasteiger partial charge >= 0.3 is 5.97 Å². The highest BCUT2D eigenvalue weighted by molar-refractivity contribution is 7.80. The van der Waals surface area contributed by atoms with Crippen LogP contribution in [0.1, 0.15) is 19.3 Å². The van der Waals surface area contributed by atoms with E-state index in [1.807, 2.05) is 0 Å². The molecule has 0 heterocycles. The zero-order valence-corrected chi connectivity index (χ0v) is 7.59. The lowest BCUT2D eigenvalue weighted by Crippen LogP contribution is -2.31. The van der Waals surface area contributed by atoms with E-state index in [-0.39, 0.29) is 18.6 Å². The predicted octanol–water partition coefficient (Wildman–Crippen LogP) is 0.0675. The van der Waals surface area contributed by atoms with Crippen LogP contribution in [0.3, 0.4) is 0 Å². The summed E-state index contributed by atoms with van der Waals surface area (Å²) in [7, 11) is 0. The predicted molar refractivity (Wildman–Crippen MR) is 48.3 cm³/mol. The first-order chi connectivity index (χ1) is 5.57. The number of hydrogen-bond donors (Lipinski definition) is 3. The third-order valence-electron chi connectivity index (χ3n) is 1.44. The van der Waals surface area contributed by atoms with Gasteiger partial charge in [0, 0.05) is 12.8 Å². The largest absolute Gasteiger partial charge is 0.481 e. The van der Waals surface area contributed by atoms with E-state index in [4.69, 9.17) is 10.8 Å². The molecule has 0 aliphatic rings. The molecule has 3 N–H and O–H groups in total. The van der Waals surface area contributed by atoms with Crippen LogP contribution in [0.5, 0.6) is 0 Å². The maximum Gasteiger partial charge on any atom is 0.303 e. The molecular formula is C7H13NO3S. The SMILES string of the molecule is N[C@@H](CCC(=O)O)C(=O)CCS. The summed E-state index contributed by atoms with van der Waals surface area (Å²) in [5.41, 5.74) is 5.40. The van der Waals surface area contributed by atoms with Crippen molar-refractivity contribution in [2.45, 2.75) is 25.3 Å². The first kappa shape index (κ1) is 11.4. The quantitative estimate of drug-likeness (QED) is 0.519. The summed E-state index contributed by atoms with van der Waals surface area (Å²) in [6.45, 7) is 0. The summed E-state index contributed by atoms with van der Waals surface area (Å²) in [5.74, 6) is -0.588. The lowest BCUT2D eigenvalue weighted by atomic mass is 10.1. The number of aliphatic carboxylic acids is 1. The third kappa shape index (κ3) is 5.15. The van der Waals surface area contributed by atoms with Gasteiger partial charge in [0.1, 0.15) is 5.78 Å². The van der Waals surface area contributed by atoms with Crippen LogP contribution in [0.2, 0.25) is 0 Å². The van der Waals surface area contributed by atoms with Gasteiger partial charge in [-0.25, -0.2) is 0 Å². The van der Waals surface area contributed by atoms with Crippen LogP contribution in [-0.4, -0.2) is 28.7 Å². The minimum Gasteiger partial charge on any atom is -0.481 e. The molecule has 0 aromatic rings. The Morgan fingerprint density at radius 1 is 1.42 bits per heavy atom. The molecule has 0 bridgehead atoms. The van der Waals surface area contributed by atoms with Crippen LogP contribution in [0.25, 0.3) is 0 Å². The molecule has 0 amide bonds. The van der Waals surface area contributed by atoms with E-state index in [0.29, 0.717) is 12.2 Å². The summed E-state index contributed by atoms with van der Waals surface area (Å²) in [4.78, 5) is 21.1. The van der Waals surface area contributed by atoms with Gasteiger partial charge in [0.25, 0.3) is 0 Å². The van der Waals surface area contributed by atoms with Crippen molar-refractivity contribution in [2.75, 3.05) is 5.75 Å². The fourth-order valence-electron chi connectivity index (χ4n) is 0.736. The Balaban J connectivity index is 3.63. The zero-order valence-electron chi connectivity index (χ0n) is 6.69. The van der Waals surface area contributed by atoms with Crippen LogP contribution in [0, 0.1) is 0 Å². The Bertz CT molecular complexity index is 172. The molecule has 0 saturated heterocycles. The normalized spacial score (nSPS) is 12.5. The number of rotatable bonds is 6. The fraction of sp³-hybridized carbons (Fsp3) is 0.714. The maximum atomic E-state index is 11.0. The van der Waals surface area contributed by atoms with Crippen LogP contribution in [0.15, 0.2) is 0 Å². The van der Waals surface area contributed by atoms with E-state index in [1.54, 1.807) is 0 Å². The molecule has 0 rings (SSSR count). The van der Waals surface area contributed by atoms with Crippen molar-refractivity contribution in [1.29, 1.82) is 0 Å². The van der Waals surface area contributed by atoms with Gasteiger partial charge in [0.05, 0.1) is 6.04 Å². The number of hydrogen-bond acceptors (Lipinski definition) is 4. The topological polar surface area (TPSA) is 80.4 Å². The molecule has 0 unspecified atom stereocenters. The first-order valence-corrected chi connectivity index (χ1v) is 4.32. The summed E-state index contributed by atoms with van der Waals surface area (Å²) in [6.07, 6.45) is 0.464. The highest BCUT2D eigenvalue weighted by Crippen LogP contribution is 1.99. The van der Waals surface area contributed by atoms with Crippen molar-refractivity contribution in [2.24, 2.45) is 5.73 Å². The molecule has 0 aromatic heterocycles. The van der Waals surface area contributed by atoms with E-state index in [2.05, 4.69) is 12.6 Å². The van der Waals surface area contributed by atoms with Gasteiger partial charge in [-0.15, -0.1) is 0 Å². The molecule has 1 atom stereocenters. The number of Topliss-reactive ketones (excluding diaryl/α,β-unsaturated/α-hetero) is 1. The molecule has 0 aliphatic carbocycles. The Morgan fingerprint density at radius 2 is 2.00 bits per heavy atom. The van der Waals surface area contributed by atoms with Crippen molar-refractivity contribution in [3.63, 3.8) is 0 Å². The molecule has 0 saturated carbocycles. The standard InChI is InChI=1S/C7H13NO3S/c8-5(1-2-7(10)11)6(9)3-4-12/h5,12H,1-4,8H2,(H,10,11)/t5-/m0/s1. The average Bonchev–Trinajstić information content (AvgIpc) is 2.00. The lowest BCUT2D eigenvalue weighted by Gasteiger charge is -2.06. The van der Waals surface area contributed by atoms with Crippen molar-refractivity contribution in [1.82, 2.24) is 0 Å². The second-order valence-electron chi connectivity index (χ2n) is 2.48. The second kappa shape index (κ2) is 6.02. The van der Waals surface area contributed by atoms with Crippen molar-refractivity contribution in [3.05, 3.63) is 0 Å². The molecular weight excluding hydrogens is 178 g/mol. The van der Waals surface area contributed by atoms with E-state index < -0.39 is 12.0 Å². The van der Waals surface area contributed by atoms with E-state index in [1.165, 1.54) is 0 Å². The molecule has 4 nitrogen and oxygen atoms in total. The van der Waals surface area contributed by atoms with Crippen molar-refractivity contribution >= 4 is 24.4 Å². The minimum absolute atomic E-state index is 0.0561. The van der Waals surface area contributed by atoms with Gasteiger partial charge in [-0.2, -0.15) is 12.6 Å². The van der Waals surface area contributed by atoms with Gasteiger partial charge in [0.2, 0.25) is 0 Å². The molecule has 0 spiro atoms. The van der Waals surface area contributed by atoms with Gasteiger partial charge in [-0.1, -0.05) is 0 Å². The Hall–Kier alpha value is -0.550. The maximum absolute atomic E-state index is 11.0. The van der Waals surface area contributed by atoms with Crippen LogP contribution in [0.4, 0.5) is 0 Å². The smallest absolute Gasteiger partial charge is 0.303 e. The van der Waals surface area contributed by atoms with E-state index in [0.717, 1.165) is 0 Å². The summed E-state index contributed by atoms with van der Waals surface area (Å²) < 4.78 is 0. The van der Waals surface area contributed by atoms with E-state index in [9.17, 15) is 9.59 Å². The molecule has 0 radical (unpaired) electrons. The second-order valence-corrected chi connectivity index (χ2v) is 2.93. The summed E-state index contributed by atoms with van der Waals surface area (Å²) in [5, 5.41) is 8.29. The van der Waals surface area contributed by atoms with Gasteiger partial charge in [0.15, 0.2) is 0 Å². The van der Waals surface area contributed by atoms with Crippen LogP contribution < -0.4 is 5.73 Å². The van der Waals surface area contributed by atoms with E-state index >= 15 is 0 Å². The van der Waals surface area contributed by atoms with Crippen molar-refractivity contribution in [3.8, 4) is 0 Å². The highest BCUT2D eigenvalue weighted by atomic mass is 32.1. The Morgan fingerprint density at radius 3 is 2.42 bits per heavy atom. The fourth-order valence-corrected chi connectivity index (χ4v) is 0.956. The molecule has 70 valence electrons. The molecule has 12 heavy (non-hydrogen) atoms. The molecule has 0 aliphatic heterocycles. The number of carboxylic acid groups (broad SMARTS) is 1. The van der Waals surface area contributed by atoms with Gasteiger partial charge < -0.3 is 10.8 Å². The van der Waals surface area contributed by atoms with Crippen LogP contribution in [-0.2, 0) is 9.59 Å². The average molecular weight is 191 g/mol. The number of carbonyl (C=O) groups excluding carboxylic acids is 1. The minimum atomic E-state index is -0.927. The van der Waals surface area contributed by atoms with Gasteiger partial charge in [-0.3, -0.25) is 9.59 Å².